The van der Waals surface area contributed by atoms with E-state index >= 15 is 0 Å². The van der Waals surface area contributed by atoms with Crippen LogP contribution in [-0.2, 0) is 4.74 Å². The van der Waals surface area contributed by atoms with Crippen LogP contribution in [0.2, 0.25) is 0 Å². The number of rotatable bonds is 0. The van der Waals surface area contributed by atoms with E-state index in [1.54, 1.807) is 0 Å². The zero-order valence-corrected chi connectivity index (χ0v) is 2.90. The standard InChI is InChI=1S/C4H5O/c1-3-2-4(1)5-3/h3H,1-2H2. The van der Waals surface area contributed by atoms with Crippen molar-refractivity contribution in [3.05, 3.63) is 6.10 Å². The second kappa shape index (κ2) is 0.432. The van der Waals surface area contributed by atoms with E-state index in [9.17, 15) is 0 Å². The molecule has 3 rings (SSSR count). The molecule has 1 heteroatoms. The lowest BCUT2D eigenvalue weighted by atomic mass is 9.84. The van der Waals surface area contributed by atoms with E-state index in [1.807, 2.05) is 0 Å². The molecule has 1 saturated carbocycles. The Labute approximate surface area is 30.9 Å². The highest BCUT2D eigenvalue weighted by molar-refractivity contribution is 5.08. The molecule has 0 amide bonds. The molecule has 5 heavy (non-hydrogen) atoms. The van der Waals surface area contributed by atoms with E-state index in [4.69, 9.17) is 4.74 Å². The van der Waals surface area contributed by atoms with Gasteiger partial charge in [0.25, 0.3) is 0 Å². The molecule has 1 radical (unpaired) electrons. The third-order valence-corrected chi connectivity index (χ3v) is 1.24. The van der Waals surface area contributed by atoms with Crippen molar-refractivity contribution >= 4 is 0 Å². The van der Waals surface area contributed by atoms with Gasteiger partial charge in [-0.1, -0.05) is 0 Å². The summed E-state index contributed by atoms with van der Waals surface area (Å²) in [4.78, 5) is 0. The van der Waals surface area contributed by atoms with Crippen molar-refractivity contribution in [3.63, 3.8) is 0 Å². The first-order valence-corrected chi connectivity index (χ1v) is 1.96. The summed E-state index contributed by atoms with van der Waals surface area (Å²) in [6.45, 7) is 0. The fourth-order valence-corrected chi connectivity index (χ4v) is 0.665. The molecule has 0 unspecified atom stereocenters. The van der Waals surface area contributed by atoms with Gasteiger partial charge < -0.3 is 4.74 Å². The minimum absolute atomic E-state index is 0.671. The molecule has 0 atom stereocenters. The van der Waals surface area contributed by atoms with Crippen LogP contribution in [0.5, 0.6) is 0 Å². The Kier molecular flexibility index (Phi) is 0.189. The molecule has 0 aromatic rings. The summed E-state index contributed by atoms with van der Waals surface area (Å²) in [5.74, 6) is 0. The first kappa shape index (κ1) is 2.19. The monoisotopic (exact) mass is 69.0 g/mol. The smallest absolute Gasteiger partial charge is 0.103 e. The van der Waals surface area contributed by atoms with Crippen LogP contribution in [0.1, 0.15) is 12.8 Å². The second-order valence-corrected chi connectivity index (χ2v) is 1.69. The highest BCUT2D eigenvalue weighted by atomic mass is 16.5. The molecule has 27 valence electrons. The average molecular weight is 69.1 g/mol. The van der Waals surface area contributed by atoms with Crippen molar-refractivity contribution < 1.29 is 4.74 Å². The lowest BCUT2D eigenvalue weighted by Crippen LogP contribution is -2.45. The van der Waals surface area contributed by atoms with Crippen LogP contribution in [0.4, 0.5) is 0 Å². The first-order chi connectivity index (χ1) is 2.45. The molecule has 0 aromatic heterocycles. The summed E-state index contributed by atoms with van der Waals surface area (Å²) in [5, 5.41) is 0. The van der Waals surface area contributed by atoms with Crippen LogP contribution >= 0.6 is 0 Å². The van der Waals surface area contributed by atoms with E-state index in [2.05, 4.69) is 0 Å². The summed E-state index contributed by atoms with van der Waals surface area (Å²) in [6.07, 6.45) is 4.56. The van der Waals surface area contributed by atoms with Gasteiger partial charge in [0.1, 0.15) is 6.10 Å². The molecule has 0 spiro atoms. The molecule has 0 aromatic carbocycles. The van der Waals surface area contributed by atoms with Gasteiger partial charge in [0.05, 0.1) is 6.10 Å². The molecule has 1 nitrogen and oxygen atoms in total. The lowest BCUT2D eigenvalue weighted by Gasteiger charge is -2.48. The molecule has 0 N–H and O–H groups in total. The van der Waals surface area contributed by atoms with E-state index in [-0.39, 0.29) is 0 Å². The molecular formula is C4H5O. The van der Waals surface area contributed by atoms with Gasteiger partial charge in [-0.2, -0.15) is 0 Å². The zero-order chi connectivity index (χ0) is 3.28. The number of hydrogen-bond donors (Lipinski definition) is 0. The normalized spacial score (nSPS) is 36.0. The maximum Gasteiger partial charge on any atom is 0.103 e. The van der Waals surface area contributed by atoms with E-state index in [0.717, 1.165) is 0 Å². The minimum atomic E-state index is 0.671. The SMILES string of the molecule is C1[C]2CC1O2. The fraction of sp³-hybridized carbons (Fsp3) is 0.750. The van der Waals surface area contributed by atoms with Gasteiger partial charge in [-0.15, -0.1) is 0 Å². The number of ether oxygens (including phenoxy) is 1. The second-order valence-electron chi connectivity index (χ2n) is 1.69. The van der Waals surface area contributed by atoms with Crippen molar-refractivity contribution in [1.29, 1.82) is 0 Å². The van der Waals surface area contributed by atoms with Crippen molar-refractivity contribution in [2.24, 2.45) is 0 Å². The first-order valence-electron chi connectivity index (χ1n) is 1.96. The molecule has 2 saturated heterocycles. The molecule has 2 heterocycles. The molecule has 3 fully saturated rings. The van der Waals surface area contributed by atoms with Gasteiger partial charge in [-0.3, -0.25) is 0 Å². The number of hydrogen-bond acceptors (Lipinski definition) is 1. The van der Waals surface area contributed by atoms with Crippen LogP contribution in [0.15, 0.2) is 0 Å². The molecule has 2 aliphatic heterocycles. The largest absolute Gasteiger partial charge is 0.368 e. The topological polar surface area (TPSA) is 9.23 Å². The molecule has 3 aliphatic rings. The Morgan fingerprint density at radius 2 is 1.80 bits per heavy atom. The van der Waals surface area contributed by atoms with Crippen LogP contribution in [-0.4, -0.2) is 6.10 Å². The quantitative estimate of drug-likeness (QED) is 0.407. The Bertz CT molecular complexity index is 40.4. The van der Waals surface area contributed by atoms with E-state index in [0.29, 0.717) is 6.10 Å². The summed E-state index contributed by atoms with van der Waals surface area (Å²) in [6, 6.07) is 0. The van der Waals surface area contributed by atoms with E-state index in [1.165, 1.54) is 18.9 Å². The van der Waals surface area contributed by atoms with Crippen molar-refractivity contribution in [1.82, 2.24) is 0 Å². The van der Waals surface area contributed by atoms with Gasteiger partial charge in [0.2, 0.25) is 0 Å². The third kappa shape index (κ3) is 0.106. The Morgan fingerprint density at radius 1 is 1.60 bits per heavy atom. The maximum atomic E-state index is 4.94. The highest BCUT2D eigenvalue weighted by Crippen LogP contribution is 2.46. The van der Waals surface area contributed by atoms with Gasteiger partial charge >= 0.3 is 0 Å². The summed E-state index contributed by atoms with van der Waals surface area (Å²) < 4.78 is 4.94. The Balaban J connectivity index is 2.19. The van der Waals surface area contributed by atoms with Crippen molar-refractivity contribution in [2.75, 3.05) is 0 Å². The summed E-state index contributed by atoms with van der Waals surface area (Å²) >= 11 is 0. The van der Waals surface area contributed by atoms with Gasteiger partial charge in [0, 0.05) is 12.8 Å². The van der Waals surface area contributed by atoms with Crippen LogP contribution in [0, 0.1) is 6.10 Å². The third-order valence-electron chi connectivity index (χ3n) is 1.24. The van der Waals surface area contributed by atoms with Crippen molar-refractivity contribution in [2.45, 2.75) is 18.9 Å². The molecule has 1 aliphatic carbocycles. The Hall–Kier alpha value is -0.0400. The highest BCUT2D eigenvalue weighted by Gasteiger charge is 2.44. The fourth-order valence-electron chi connectivity index (χ4n) is 0.665. The van der Waals surface area contributed by atoms with Crippen molar-refractivity contribution in [3.8, 4) is 0 Å². The van der Waals surface area contributed by atoms with Crippen LogP contribution in [0.3, 0.4) is 0 Å². The summed E-state index contributed by atoms with van der Waals surface area (Å²) in [7, 11) is 0. The van der Waals surface area contributed by atoms with Gasteiger partial charge in [0.15, 0.2) is 0 Å². The molecular weight excluding hydrogens is 64.0 g/mol. The average Bonchev–Trinajstić information content (AvgIpc) is 0.592. The predicted octanol–water partition coefficient (Wildman–Crippen LogP) is 0.711. The Morgan fingerprint density at radius 3 is 1.80 bits per heavy atom. The lowest BCUT2D eigenvalue weighted by molar-refractivity contribution is -0.152. The summed E-state index contributed by atoms with van der Waals surface area (Å²) in [5.41, 5.74) is 0. The maximum absolute atomic E-state index is 4.94. The van der Waals surface area contributed by atoms with E-state index < -0.39 is 0 Å². The van der Waals surface area contributed by atoms with Crippen LogP contribution < -0.4 is 0 Å². The van der Waals surface area contributed by atoms with Gasteiger partial charge in [-0.25, -0.2) is 0 Å². The molecule has 2 bridgehead atoms. The minimum Gasteiger partial charge on any atom is -0.368 e. The van der Waals surface area contributed by atoms with Gasteiger partial charge in [-0.05, 0) is 0 Å². The predicted molar refractivity (Wildman–Crippen MR) is 17.4 cm³/mol. The zero-order valence-electron chi connectivity index (χ0n) is 2.90. The van der Waals surface area contributed by atoms with Crippen LogP contribution in [0.25, 0.3) is 0 Å².